The second-order valence-corrected chi connectivity index (χ2v) is 6.48. The van der Waals surface area contributed by atoms with Crippen molar-refractivity contribution in [2.45, 2.75) is 44.5 Å². The van der Waals surface area contributed by atoms with Crippen molar-refractivity contribution >= 4 is 0 Å². The highest BCUT2D eigenvalue weighted by Crippen LogP contribution is 2.42. The van der Waals surface area contributed by atoms with Crippen LogP contribution in [0.15, 0.2) is 35.1 Å². The summed E-state index contributed by atoms with van der Waals surface area (Å²) in [5.41, 5.74) is -0.240. The topological polar surface area (TPSA) is 34.9 Å². The molecule has 2 aromatic rings. The van der Waals surface area contributed by atoms with Crippen LogP contribution in [0, 0.1) is 11.7 Å². The zero-order valence-corrected chi connectivity index (χ0v) is 13.8. The minimum Gasteiger partial charge on any atom is -0.269 e. The fraction of sp³-hybridized carbons (Fsp3) is 0.444. The van der Waals surface area contributed by atoms with E-state index in [9.17, 15) is 26.7 Å². The van der Waals surface area contributed by atoms with Crippen molar-refractivity contribution in [1.82, 2.24) is 9.55 Å². The molecule has 0 radical (unpaired) electrons. The van der Waals surface area contributed by atoms with Crippen molar-refractivity contribution in [3.63, 3.8) is 0 Å². The number of rotatable bonds is 3. The minimum absolute atomic E-state index is 0.0543. The van der Waals surface area contributed by atoms with Gasteiger partial charge in [0.25, 0.3) is 5.56 Å². The van der Waals surface area contributed by atoms with Crippen molar-refractivity contribution < 1.29 is 22.0 Å². The maximum Gasteiger partial charge on any atom is 0.391 e. The van der Waals surface area contributed by atoms with Gasteiger partial charge in [-0.2, -0.15) is 13.2 Å². The largest absolute Gasteiger partial charge is 0.391 e. The lowest BCUT2D eigenvalue weighted by Crippen LogP contribution is -2.31. The highest BCUT2D eigenvalue weighted by Gasteiger charge is 2.42. The van der Waals surface area contributed by atoms with E-state index in [2.05, 4.69) is 4.98 Å². The second-order valence-electron chi connectivity index (χ2n) is 6.48. The number of hydrogen-bond acceptors (Lipinski definition) is 2. The van der Waals surface area contributed by atoms with Crippen molar-refractivity contribution in [3.05, 3.63) is 58.0 Å². The van der Waals surface area contributed by atoms with Gasteiger partial charge in [0.2, 0.25) is 0 Å². The normalized spacial score (nSPS) is 21.0. The molecule has 0 atom stereocenters. The van der Waals surface area contributed by atoms with Gasteiger partial charge in [-0.1, -0.05) is 0 Å². The Morgan fingerprint density at radius 1 is 1.08 bits per heavy atom. The van der Waals surface area contributed by atoms with E-state index in [0.717, 1.165) is 6.07 Å². The summed E-state index contributed by atoms with van der Waals surface area (Å²) in [6.07, 6.45) is -3.96. The quantitative estimate of drug-likeness (QED) is 0.734. The van der Waals surface area contributed by atoms with Crippen LogP contribution >= 0.6 is 0 Å². The third-order valence-electron chi connectivity index (χ3n) is 4.77. The maximum absolute atomic E-state index is 13.2. The van der Waals surface area contributed by atoms with Crippen LogP contribution in [0.5, 0.6) is 0 Å². The first-order valence-corrected chi connectivity index (χ1v) is 8.31. The van der Waals surface area contributed by atoms with Gasteiger partial charge in [-0.05, 0) is 49.9 Å². The smallest absolute Gasteiger partial charge is 0.269 e. The molecule has 0 amide bonds. The molecule has 0 unspecified atom stereocenters. The Bertz CT molecular complexity index is 821. The average Bonchev–Trinajstić information content (AvgIpc) is 2.61. The van der Waals surface area contributed by atoms with E-state index in [0.29, 0.717) is 5.69 Å². The summed E-state index contributed by atoms with van der Waals surface area (Å²) in [4.78, 5) is 16.6. The van der Waals surface area contributed by atoms with Gasteiger partial charge in [0, 0.05) is 12.0 Å². The van der Waals surface area contributed by atoms with Crippen LogP contribution in [0.3, 0.4) is 0 Å². The van der Waals surface area contributed by atoms with Gasteiger partial charge in [0.15, 0.2) is 0 Å². The molecule has 1 aromatic carbocycles. The number of nitrogens with zero attached hydrogens (tertiary/aromatic N) is 2. The molecule has 0 aliphatic heterocycles. The number of halogens is 5. The molecule has 0 saturated heterocycles. The third-order valence-corrected chi connectivity index (χ3v) is 4.77. The van der Waals surface area contributed by atoms with Crippen molar-refractivity contribution in [3.8, 4) is 5.69 Å². The Morgan fingerprint density at radius 2 is 1.69 bits per heavy atom. The van der Waals surface area contributed by atoms with Gasteiger partial charge < -0.3 is 0 Å². The molecule has 0 N–H and O–H groups in total. The lowest BCUT2D eigenvalue weighted by Gasteiger charge is -2.30. The summed E-state index contributed by atoms with van der Waals surface area (Å²) in [5, 5.41) is 0. The molecule has 3 rings (SSSR count). The summed E-state index contributed by atoms with van der Waals surface area (Å²) in [6, 6.07) is 6.18. The second kappa shape index (κ2) is 7.17. The first-order valence-electron chi connectivity index (χ1n) is 8.31. The van der Waals surface area contributed by atoms with Crippen LogP contribution in [0.2, 0.25) is 0 Å². The van der Waals surface area contributed by atoms with Gasteiger partial charge in [-0.3, -0.25) is 9.36 Å². The van der Waals surface area contributed by atoms with E-state index in [1.165, 1.54) is 28.8 Å². The highest BCUT2D eigenvalue weighted by atomic mass is 19.4. The van der Waals surface area contributed by atoms with Gasteiger partial charge in [-0.25, -0.2) is 13.8 Å². The number of aromatic nitrogens is 2. The van der Waals surface area contributed by atoms with Gasteiger partial charge in [-0.15, -0.1) is 0 Å². The predicted molar refractivity (Wildman–Crippen MR) is 85.4 cm³/mol. The Kier molecular flexibility index (Phi) is 5.11. The molecular weight excluding hydrogens is 355 g/mol. The molecule has 1 aliphatic carbocycles. The van der Waals surface area contributed by atoms with Crippen LogP contribution in [0.1, 0.15) is 43.1 Å². The molecule has 3 nitrogen and oxygen atoms in total. The van der Waals surface area contributed by atoms with Gasteiger partial charge in [0.1, 0.15) is 18.3 Å². The summed E-state index contributed by atoms with van der Waals surface area (Å²) < 4.78 is 66.1. The molecule has 1 fully saturated rings. The molecule has 1 heterocycles. The molecule has 0 bridgehead atoms. The fourth-order valence-corrected chi connectivity index (χ4v) is 3.42. The summed E-state index contributed by atoms with van der Waals surface area (Å²) >= 11 is 0. The Hall–Kier alpha value is -2.25. The maximum atomic E-state index is 13.2. The summed E-state index contributed by atoms with van der Waals surface area (Å²) in [5.74, 6) is -2.01. The zero-order chi connectivity index (χ0) is 18.9. The molecule has 26 heavy (non-hydrogen) atoms. The number of hydrogen-bond donors (Lipinski definition) is 0. The highest BCUT2D eigenvalue weighted by molar-refractivity contribution is 5.34. The van der Waals surface area contributed by atoms with Gasteiger partial charge >= 0.3 is 6.18 Å². The van der Waals surface area contributed by atoms with E-state index in [1.54, 1.807) is 0 Å². The summed E-state index contributed by atoms with van der Waals surface area (Å²) in [7, 11) is 0. The monoisotopic (exact) mass is 372 g/mol. The minimum atomic E-state index is -4.24. The Morgan fingerprint density at radius 3 is 2.23 bits per heavy atom. The van der Waals surface area contributed by atoms with Crippen LogP contribution < -0.4 is 5.56 Å². The molecule has 140 valence electrons. The van der Waals surface area contributed by atoms with E-state index in [4.69, 9.17) is 0 Å². The van der Waals surface area contributed by atoms with Crippen molar-refractivity contribution in [2.75, 3.05) is 0 Å². The average molecular weight is 372 g/mol. The predicted octanol–water partition coefficient (Wildman–Crippen LogP) is 4.68. The molecule has 1 aliphatic rings. The van der Waals surface area contributed by atoms with Crippen LogP contribution in [-0.2, 0) is 6.67 Å². The van der Waals surface area contributed by atoms with Crippen molar-refractivity contribution in [2.24, 2.45) is 5.92 Å². The Balaban J connectivity index is 1.99. The lowest BCUT2D eigenvalue weighted by molar-refractivity contribution is -0.182. The van der Waals surface area contributed by atoms with Crippen LogP contribution in [-0.4, -0.2) is 15.7 Å². The molecule has 1 saturated carbocycles. The fourth-order valence-electron chi connectivity index (χ4n) is 3.42. The number of benzene rings is 1. The zero-order valence-electron chi connectivity index (χ0n) is 13.8. The van der Waals surface area contributed by atoms with Crippen molar-refractivity contribution in [1.29, 1.82) is 0 Å². The van der Waals surface area contributed by atoms with E-state index < -0.39 is 36.1 Å². The molecule has 8 heteroatoms. The molecular formula is C18H17F5N2O. The molecule has 1 aromatic heterocycles. The SMILES string of the molecule is O=c1cc(CF)nc(C2CCC(C(F)(F)F)CC2)n1-c1ccc(F)cc1. The van der Waals surface area contributed by atoms with Gasteiger partial charge in [0.05, 0.1) is 17.3 Å². The summed E-state index contributed by atoms with van der Waals surface area (Å²) in [6.45, 7) is -0.940. The van der Waals surface area contributed by atoms with E-state index in [1.807, 2.05) is 0 Å². The number of alkyl halides is 4. The first kappa shape index (κ1) is 18.5. The van der Waals surface area contributed by atoms with Crippen LogP contribution in [0.4, 0.5) is 22.0 Å². The first-order chi connectivity index (χ1) is 12.3. The third kappa shape index (κ3) is 3.78. The van der Waals surface area contributed by atoms with E-state index >= 15 is 0 Å². The van der Waals surface area contributed by atoms with E-state index in [-0.39, 0.29) is 37.2 Å². The Labute approximate surface area is 146 Å². The van der Waals surface area contributed by atoms with Crippen LogP contribution in [0.25, 0.3) is 5.69 Å². The lowest BCUT2D eigenvalue weighted by atomic mass is 9.81. The standard InChI is InChI=1S/C18H17F5N2O/c19-10-14-9-16(26)25(15-7-5-13(20)6-8-15)17(24-14)11-1-3-12(4-2-11)18(21,22)23/h5-9,11-12H,1-4,10H2. The molecule has 0 spiro atoms.